The first-order valence-corrected chi connectivity index (χ1v) is 9.09. The Morgan fingerprint density at radius 3 is 2.50 bits per heavy atom. The van der Waals surface area contributed by atoms with Crippen LogP contribution >= 0.6 is 11.6 Å². The number of carbonyl (C=O) groups excluding carboxylic acids is 1. The second-order valence-corrected chi connectivity index (χ2v) is 6.21. The first kappa shape index (κ1) is 23.2. The number of hydrogen-bond donors (Lipinski definition) is 3. The minimum atomic E-state index is -0.198. The van der Waals surface area contributed by atoms with E-state index in [1.807, 2.05) is 45.9 Å². The number of aryl methyl sites for hydroxylation is 2. The maximum Gasteiger partial charge on any atom is 0.253 e. The van der Waals surface area contributed by atoms with Crippen molar-refractivity contribution in [3.05, 3.63) is 52.2 Å². The van der Waals surface area contributed by atoms with E-state index in [9.17, 15) is 4.79 Å². The van der Waals surface area contributed by atoms with Crippen molar-refractivity contribution < 1.29 is 4.79 Å². The number of rotatable bonds is 3. The molecule has 0 bridgehead atoms. The molecular formula is C21H28ClN5O. The highest BCUT2D eigenvalue weighted by molar-refractivity contribution is 6.31. The Balaban J connectivity index is 0.00000127. The largest absolute Gasteiger partial charge is 0.368 e. The van der Waals surface area contributed by atoms with Gasteiger partial charge in [-0.05, 0) is 43.2 Å². The average Bonchev–Trinajstić information content (AvgIpc) is 3.11. The molecule has 0 atom stereocenters. The van der Waals surface area contributed by atoms with Crippen molar-refractivity contribution in [3.63, 3.8) is 0 Å². The number of anilines is 1. The lowest BCUT2D eigenvalue weighted by Crippen LogP contribution is -2.18. The molecule has 1 aromatic carbocycles. The van der Waals surface area contributed by atoms with E-state index in [1.165, 1.54) is 0 Å². The summed E-state index contributed by atoms with van der Waals surface area (Å²) < 4.78 is 0. The highest BCUT2D eigenvalue weighted by Gasteiger charge is 2.20. The number of nitrogen functional groups attached to an aromatic ring is 1. The Labute approximate surface area is 171 Å². The Hall–Kier alpha value is -2.86. The minimum Gasteiger partial charge on any atom is -0.368 e. The number of nitrogens with zero attached hydrogens (tertiary/aromatic N) is 2. The van der Waals surface area contributed by atoms with Gasteiger partial charge in [-0.15, -0.1) is 0 Å². The second-order valence-electron chi connectivity index (χ2n) is 5.77. The molecule has 2 heterocycles. The van der Waals surface area contributed by atoms with Crippen LogP contribution in [0.15, 0.2) is 30.5 Å². The quantitative estimate of drug-likeness (QED) is 0.574. The molecular weight excluding hydrogens is 374 g/mol. The van der Waals surface area contributed by atoms with Gasteiger partial charge in [-0.3, -0.25) is 4.79 Å². The van der Waals surface area contributed by atoms with Crippen LogP contribution in [-0.4, -0.2) is 27.9 Å². The zero-order valence-corrected chi connectivity index (χ0v) is 16.9. The van der Waals surface area contributed by atoms with E-state index in [0.29, 0.717) is 27.7 Å². The number of benzene rings is 1. The Morgan fingerprint density at radius 2 is 1.86 bits per heavy atom. The van der Waals surface area contributed by atoms with E-state index in [4.69, 9.17) is 17.3 Å². The molecule has 2 aromatic heterocycles. The summed E-state index contributed by atoms with van der Waals surface area (Å²) in [6.07, 6.45) is 1.66. The maximum atomic E-state index is 12.4. The molecule has 0 unspecified atom stereocenters. The lowest BCUT2D eigenvalue weighted by atomic mass is 10.0. The molecule has 0 aliphatic carbocycles. The van der Waals surface area contributed by atoms with Gasteiger partial charge in [0.15, 0.2) is 0 Å². The van der Waals surface area contributed by atoms with Crippen LogP contribution in [0.2, 0.25) is 5.02 Å². The molecule has 28 heavy (non-hydrogen) atoms. The van der Waals surface area contributed by atoms with E-state index in [0.717, 1.165) is 16.7 Å². The smallest absolute Gasteiger partial charge is 0.253 e. The second kappa shape index (κ2) is 9.90. The molecule has 0 aliphatic heterocycles. The summed E-state index contributed by atoms with van der Waals surface area (Å²) in [7, 11) is 1.59. The molecule has 0 radical (unpaired) electrons. The van der Waals surface area contributed by atoms with Crippen LogP contribution in [0.3, 0.4) is 0 Å². The third-order valence-corrected chi connectivity index (χ3v) is 4.24. The summed E-state index contributed by atoms with van der Waals surface area (Å²) in [5.41, 5.74) is 11.0. The summed E-state index contributed by atoms with van der Waals surface area (Å²) >= 11 is 6.15. The lowest BCUT2D eigenvalue weighted by molar-refractivity contribution is 0.0964. The molecule has 0 saturated carbocycles. The van der Waals surface area contributed by atoms with Crippen LogP contribution in [0, 0.1) is 13.8 Å². The number of hydrogen-bond acceptors (Lipinski definition) is 4. The molecule has 0 spiro atoms. The fourth-order valence-electron chi connectivity index (χ4n) is 2.70. The standard InChI is InChI=1S/C18H18ClN5O.C2H6.CH4/c1-9-4-5-11(19)6-12(9)16-13(17(25)21-3)7-14(23-16)15-10(2)8-22-18(20)24-15;1-2;/h4-8,23H,1-3H3,(H,21,25)(H2,20,22,24);1-2H3;1H4. The van der Waals surface area contributed by atoms with Gasteiger partial charge in [-0.25, -0.2) is 9.97 Å². The van der Waals surface area contributed by atoms with Crippen LogP contribution in [0.5, 0.6) is 0 Å². The number of halogens is 1. The zero-order chi connectivity index (χ0) is 20.1. The van der Waals surface area contributed by atoms with Crippen molar-refractivity contribution in [2.75, 3.05) is 12.8 Å². The number of amides is 1. The van der Waals surface area contributed by atoms with Gasteiger partial charge in [-0.1, -0.05) is 38.9 Å². The van der Waals surface area contributed by atoms with E-state index in [-0.39, 0.29) is 19.3 Å². The number of nitrogens with one attached hydrogen (secondary N) is 2. The number of nitrogens with two attached hydrogens (primary N) is 1. The van der Waals surface area contributed by atoms with Crippen molar-refractivity contribution in [1.82, 2.24) is 20.3 Å². The molecule has 1 amide bonds. The predicted octanol–water partition coefficient (Wildman–Crippen LogP) is 5.01. The Morgan fingerprint density at radius 1 is 1.18 bits per heavy atom. The van der Waals surface area contributed by atoms with Gasteiger partial charge >= 0.3 is 0 Å². The van der Waals surface area contributed by atoms with Crippen LogP contribution < -0.4 is 11.1 Å². The van der Waals surface area contributed by atoms with E-state index >= 15 is 0 Å². The zero-order valence-electron chi connectivity index (χ0n) is 16.1. The predicted molar refractivity (Wildman–Crippen MR) is 118 cm³/mol. The number of aromatic nitrogens is 3. The van der Waals surface area contributed by atoms with Crippen molar-refractivity contribution in [2.45, 2.75) is 35.1 Å². The number of aromatic amines is 1. The number of carbonyl (C=O) groups is 1. The summed E-state index contributed by atoms with van der Waals surface area (Å²) in [4.78, 5) is 24.0. The summed E-state index contributed by atoms with van der Waals surface area (Å²) in [6.45, 7) is 7.85. The van der Waals surface area contributed by atoms with Crippen molar-refractivity contribution in [3.8, 4) is 22.6 Å². The van der Waals surface area contributed by atoms with Gasteiger partial charge in [0.2, 0.25) is 5.95 Å². The van der Waals surface area contributed by atoms with Gasteiger partial charge in [0, 0.05) is 23.8 Å². The lowest BCUT2D eigenvalue weighted by Gasteiger charge is -2.08. The highest BCUT2D eigenvalue weighted by atomic mass is 35.5. The number of H-pyrrole nitrogens is 1. The minimum absolute atomic E-state index is 0. The van der Waals surface area contributed by atoms with Gasteiger partial charge in [0.25, 0.3) is 5.91 Å². The van der Waals surface area contributed by atoms with Gasteiger partial charge < -0.3 is 16.0 Å². The molecule has 3 rings (SSSR count). The van der Waals surface area contributed by atoms with Crippen molar-refractivity contribution in [1.29, 1.82) is 0 Å². The molecule has 7 heteroatoms. The van der Waals surface area contributed by atoms with Gasteiger partial charge in [0.1, 0.15) is 0 Å². The van der Waals surface area contributed by atoms with E-state index in [2.05, 4.69) is 20.3 Å². The molecule has 150 valence electrons. The molecule has 4 N–H and O–H groups in total. The Bertz CT molecular complexity index is 965. The first-order valence-electron chi connectivity index (χ1n) is 8.71. The van der Waals surface area contributed by atoms with Gasteiger partial charge in [0.05, 0.1) is 22.6 Å². The van der Waals surface area contributed by atoms with E-state index in [1.54, 1.807) is 19.3 Å². The Kier molecular flexibility index (Phi) is 8.19. The molecule has 0 saturated heterocycles. The summed E-state index contributed by atoms with van der Waals surface area (Å²) in [6, 6.07) is 7.34. The highest BCUT2D eigenvalue weighted by Crippen LogP contribution is 2.33. The summed E-state index contributed by atoms with van der Waals surface area (Å²) in [5, 5.41) is 3.27. The topological polar surface area (TPSA) is 96.7 Å². The average molecular weight is 402 g/mol. The SMILES string of the molecule is C.CC.CNC(=O)c1cc(-c2nc(N)ncc2C)[nH]c1-c1cc(Cl)ccc1C. The third-order valence-electron chi connectivity index (χ3n) is 4.00. The normalized spacial score (nSPS) is 9.79. The maximum absolute atomic E-state index is 12.4. The fraction of sp³-hybridized carbons (Fsp3) is 0.286. The summed E-state index contributed by atoms with van der Waals surface area (Å²) in [5.74, 6) is -0.0197. The molecule has 3 aromatic rings. The molecule has 0 fully saturated rings. The van der Waals surface area contributed by atoms with Crippen molar-refractivity contribution in [2.24, 2.45) is 0 Å². The van der Waals surface area contributed by atoms with Crippen molar-refractivity contribution >= 4 is 23.5 Å². The van der Waals surface area contributed by atoms with Gasteiger partial charge in [-0.2, -0.15) is 0 Å². The van der Waals surface area contributed by atoms with Crippen LogP contribution in [0.4, 0.5) is 5.95 Å². The van der Waals surface area contributed by atoms with E-state index < -0.39 is 0 Å². The molecule has 6 nitrogen and oxygen atoms in total. The molecule has 0 aliphatic rings. The monoisotopic (exact) mass is 401 g/mol. The van der Waals surface area contributed by atoms with Crippen LogP contribution in [0.1, 0.15) is 42.8 Å². The fourth-order valence-corrected chi connectivity index (χ4v) is 2.87. The van der Waals surface area contributed by atoms with Crippen LogP contribution in [-0.2, 0) is 0 Å². The third kappa shape index (κ3) is 4.70. The first-order chi connectivity index (χ1) is 12.9. The van der Waals surface area contributed by atoms with Crippen LogP contribution in [0.25, 0.3) is 22.6 Å².